The Bertz CT molecular complexity index is 601. The van der Waals surface area contributed by atoms with Gasteiger partial charge in [0.05, 0.1) is 7.11 Å². The minimum absolute atomic E-state index is 0.238. The van der Waals surface area contributed by atoms with Crippen molar-refractivity contribution in [1.82, 2.24) is 10.6 Å². The first-order valence-electron chi connectivity index (χ1n) is 6.56. The minimum Gasteiger partial charge on any atom is -0.497 e. The molecule has 0 heterocycles. The van der Waals surface area contributed by atoms with Crippen LogP contribution in [0.1, 0.15) is 11.1 Å². The van der Waals surface area contributed by atoms with Crippen LogP contribution in [-0.4, -0.2) is 12.2 Å². The lowest BCUT2D eigenvalue weighted by Gasteiger charge is -2.11. The maximum Gasteiger partial charge on any atom is 0.166 e. The summed E-state index contributed by atoms with van der Waals surface area (Å²) >= 11 is 5.21. The first kappa shape index (κ1) is 15.3. The van der Waals surface area contributed by atoms with Crippen LogP contribution in [0.2, 0.25) is 0 Å². The lowest BCUT2D eigenvalue weighted by atomic mass is 10.2. The summed E-state index contributed by atoms with van der Waals surface area (Å²) in [6, 6.07) is 14.1. The van der Waals surface area contributed by atoms with Crippen LogP contribution in [-0.2, 0) is 13.1 Å². The molecular formula is C16H17FN2OS. The van der Waals surface area contributed by atoms with Gasteiger partial charge in [-0.3, -0.25) is 0 Å². The Kier molecular flexibility index (Phi) is 5.51. The fraction of sp³-hybridized carbons (Fsp3) is 0.188. The number of rotatable bonds is 5. The highest BCUT2D eigenvalue weighted by atomic mass is 32.1. The SMILES string of the molecule is COc1cccc(CNC(=S)NCc2ccc(F)cc2)c1. The topological polar surface area (TPSA) is 33.3 Å². The van der Waals surface area contributed by atoms with Crippen LogP contribution in [0, 0.1) is 5.82 Å². The Hall–Kier alpha value is -2.14. The van der Waals surface area contributed by atoms with E-state index < -0.39 is 0 Å². The Balaban J connectivity index is 1.78. The van der Waals surface area contributed by atoms with Crippen LogP contribution >= 0.6 is 12.2 Å². The van der Waals surface area contributed by atoms with Gasteiger partial charge in [0.1, 0.15) is 11.6 Å². The van der Waals surface area contributed by atoms with Crippen molar-refractivity contribution in [1.29, 1.82) is 0 Å². The fourth-order valence-electron chi connectivity index (χ4n) is 1.81. The Morgan fingerprint density at radius 3 is 2.38 bits per heavy atom. The standard InChI is InChI=1S/C16H17FN2OS/c1-20-15-4-2-3-13(9-15)11-19-16(21)18-10-12-5-7-14(17)8-6-12/h2-9H,10-11H2,1H3,(H2,18,19,21). The second-order valence-electron chi connectivity index (χ2n) is 4.51. The second-order valence-corrected chi connectivity index (χ2v) is 4.92. The highest BCUT2D eigenvalue weighted by Crippen LogP contribution is 2.12. The van der Waals surface area contributed by atoms with Crippen molar-refractivity contribution < 1.29 is 9.13 Å². The number of hydrogen-bond acceptors (Lipinski definition) is 2. The third kappa shape index (κ3) is 5.04. The van der Waals surface area contributed by atoms with E-state index in [1.54, 1.807) is 19.2 Å². The normalized spacial score (nSPS) is 10.0. The molecule has 0 spiro atoms. The van der Waals surface area contributed by atoms with E-state index in [0.29, 0.717) is 18.2 Å². The number of benzene rings is 2. The van der Waals surface area contributed by atoms with Crippen molar-refractivity contribution in [2.75, 3.05) is 7.11 Å². The summed E-state index contributed by atoms with van der Waals surface area (Å²) in [5.41, 5.74) is 2.06. The third-order valence-electron chi connectivity index (χ3n) is 2.95. The molecule has 2 aromatic rings. The number of hydrogen-bond donors (Lipinski definition) is 2. The maximum atomic E-state index is 12.8. The van der Waals surface area contributed by atoms with E-state index in [1.807, 2.05) is 24.3 Å². The molecule has 2 rings (SSSR count). The van der Waals surface area contributed by atoms with Gasteiger partial charge in [-0.2, -0.15) is 0 Å². The van der Waals surface area contributed by atoms with E-state index in [4.69, 9.17) is 17.0 Å². The highest BCUT2D eigenvalue weighted by molar-refractivity contribution is 7.80. The molecule has 0 aliphatic carbocycles. The Morgan fingerprint density at radius 2 is 1.71 bits per heavy atom. The van der Waals surface area contributed by atoms with E-state index in [2.05, 4.69) is 10.6 Å². The average molecular weight is 304 g/mol. The zero-order valence-electron chi connectivity index (χ0n) is 11.7. The molecule has 2 N–H and O–H groups in total. The lowest BCUT2D eigenvalue weighted by molar-refractivity contribution is 0.414. The number of ether oxygens (including phenoxy) is 1. The summed E-state index contributed by atoms with van der Waals surface area (Å²) in [5.74, 6) is 0.581. The van der Waals surface area contributed by atoms with Gasteiger partial charge in [-0.05, 0) is 47.6 Å². The molecule has 0 atom stereocenters. The summed E-state index contributed by atoms with van der Waals surface area (Å²) in [6.45, 7) is 1.18. The second kappa shape index (κ2) is 7.59. The van der Waals surface area contributed by atoms with Crippen molar-refractivity contribution in [3.05, 3.63) is 65.5 Å². The molecule has 3 nitrogen and oxygen atoms in total. The van der Waals surface area contributed by atoms with Crippen LogP contribution < -0.4 is 15.4 Å². The van der Waals surface area contributed by atoms with Crippen molar-refractivity contribution in [3.8, 4) is 5.75 Å². The first-order valence-corrected chi connectivity index (χ1v) is 6.97. The molecule has 0 aliphatic heterocycles. The summed E-state index contributed by atoms with van der Waals surface area (Å²) in [6.07, 6.45) is 0. The summed E-state index contributed by atoms with van der Waals surface area (Å²) in [5, 5.41) is 6.76. The summed E-state index contributed by atoms with van der Waals surface area (Å²) < 4.78 is 18.0. The largest absolute Gasteiger partial charge is 0.497 e. The van der Waals surface area contributed by atoms with E-state index in [9.17, 15) is 4.39 Å². The Morgan fingerprint density at radius 1 is 1.05 bits per heavy atom. The average Bonchev–Trinajstić information content (AvgIpc) is 2.52. The molecule has 0 bridgehead atoms. The fourth-order valence-corrected chi connectivity index (χ4v) is 1.96. The van der Waals surface area contributed by atoms with Crippen LogP contribution in [0.25, 0.3) is 0 Å². The van der Waals surface area contributed by atoms with Crippen molar-refractivity contribution in [2.45, 2.75) is 13.1 Å². The van der Waals surface area contributed by atoms with Crippen LogP contribution in [0.15, 0.2) is 48.5 Å². The smallest absolute Gasteiger partial charge is 0.166 e. The van der Waals surface area contributed by atoms with E-state index >= 15 is 0 Å². The van der Waals surface area contributed by atoms with Gasteiger partial charge in [-0.1, -0.05) is 24.3 Å². The zero-order chi connectivity index (χ0) is 15.1. The van der Waals surface area contributed by atoms with E-state index in [-0.39, 0.29) is 5.82 Å². The predicted octanol–water partition coefficient (Wildman–Crippen LogP) is 3.00. The molecule has 0 saturated heterocycles. The van der Waals surface area contributed by atoms with Crippen LogP contribution in [0.3, 0.4) is 0 Å². The van der Waals surface area contributed by atoms with Gasteiger partial charge in [0.25, 0.3) is 0 Å². The summed E-state index contributed by atoms with van der Waals surface area (Å²) in [7, 11) is 1.64. The van der Waals surface area contributed by atoms with Gasteiger partial charge in [-0.25, -0.2) is 4.39 Å². The number of thiocarbonyl (C=S) groups is 1. The molecule has 0 fully saturated rings. The molecule has 0 amide bonds. The number of methoxy groups -OCH3 is 1. The van der Waals surface area contributed by atoms with Gasteiger partial charge in [-0.15, -0.1) is 0 Å². The van der Waals surface area contributed by atoms with E-state index in [0.717, 1.165) is 16.9 Å². The molecule has 0 saturated carbocycles. The molecule has 0 aliphatic rings. The minimum atomic E-state index is -0.238. The van der Waals surface area contributed by atoms with Gasteiger partial charge in [0.15, 0.2) is 5.11 Å². The molecule has 21 heavy (non-hydrogen) atoms. The molecule has 0 aromatic heterocycles. The van der Waals surface area contributed by atoms with Crippen LogP contribution in [0.5, 0.6) is 5.75 Å². The van der Waals surface area contributed by atoms with Gasteiger partial charge in [0.2, 0.25) is 0 Å². The van der Waals surface area contributed by atoms with Gasteiger partial charge < -0.3 is 15.4 Å². The molecule has 5 heteroatoms. The zero-order valence-corrected chi connectivity index (χ0v) is 12.5. The third-order valence-corrected chi connectivity index (χ3v) is 3.24. The van der Waals surface area contributed by atoms with Crippen molar-refractivity contribution >= 4 is 17.3 Å². The molecule has 0 unspecified atom stereocenters. The van der Waals surface area contributed by atoms with Crippen molar-refractivity contribution in [3.63, 3.8) is 0 Å². The Labute approximate surface area is 129 Å². The molecular weight excluding hydrogens is 287 g/mol. The lowest BCUT2D eigenvalue weighted by Crippen LogP contribution is -2.34. The maximum absolute atomic E-state index is 12.8. The van der Waals surface area contributed by atoms with Crippen LogP contribution in [0.4, 0.5) is 4.39 Å². The monoisotopic (exact) mass is 304 g/mol. The highest BCUT2D eigenvalue weighted by Gasteiger charge is 1.99. The molecule has 110 valence electrons. The molecule has 0 radical (unpaired) electrons. The quantitative estimate of drug-likeness (QED) is 0.832. The predicted molar refractivity (Wildman–Crippen MR) is 85.7 cm³/mol. The number of halogens is 1. The van der Waals surface area contributed by atoms with Gasteiger partial charge in [0, 0.05) is 13.1 Å². The van der Waals surface area contributed by atoms with E-state index in [1.165, 1.54) is 12.1 Å². The summed E-state index contributed by atoms with van der Waals surface area (Å²) in [4.78, 5) is 0. The first-order chi connectivity index (χ1) is 10.2. The van der Waals surface area contributed by atoms with Crippen molar-refractivity contribution in [2.24, 2.45) is 0 Å². The number of nitrogens with one attached hydrogen (secondary N) is 2. The molecule has 2 aromatic carbocycles. The van der Waals surface area contributed by atoms with Gasteiger partial charge >= 0.3 is 0 Å².